The number of aromatic nitrogens is 3. The molecule has 0 aliphatic carbocycles. The summed E-state index contributed by atoms with van der Waals surface area (Å²) in [5, 5.41) is 19.2. The minimum absolute atomic E-state index is 0.413. The van der Waals surface area contributed by atoms with Gasteiger partial charge in [0.15, 0.2) is 0 Å². The van der Waals surface area contributed by atoms with Gasteiger partial charge in [0, 0.05) is 38.0 Å². The molecule has 0 bridgehead atoms. The van der Waals surface area contributed by atoms with Crippen LogP contribution in [0.4, 0.5) is 5.69 Å². The van der Waals surface area contributed by atoms with Crippen molar-refractivity contribution < 1.29 is 4.42 Å². The Hall–Kier alpha value is -8.06. The molecule has 0 spiro atoms. The summed E-state index contributed by atoms with van der Waals surface area (Å²) in [6, 6.07) is 58.7. The summed E-state index contributed by atoms with van der Waals surface area (Å²) in [5.41, 5.74) is 11.1. The van der Waals surface area contributed by atoms with Crippen molar-refractivity contribution in [1.82, 2.24) is 13.7 Å². The van der Waals surface area contributed by atoms with E-state index in [4.69, 9.17) is 11.0 Å². The highest BCUT2D eigenvalue weighted by Gasteiger charge is 2.24. The fourth-order valence-electron chi connectivity index (χ4n) is 9.20. The molecule has 12 aromatic rings. The number of para-hydroxylation sites is 5. The van der Waals surface area contributed by atoms with Crippen molar-refractivity contribution in [3.63, 3.8) is 0 Å². The number of nitriles is 1. The van der Waals surface area contributed by atoms with Crippen LogP contribution in [0.15, 0.2) is 168 Å². The van der Waals surface area contributed by atoms with E-state index in [1.54, 1.807) is 6.07 Å². The zero-order valence-corrected chi connectivity index (χ0v) is 29.7. The average molecular weight is 714 g/mol. The first-order valence-electron chi connectivity index (χ1n) is 18.5. The third-order valence-electron chi connectivity index (χ3n) is 11.5. The highest BCUT2D eigenvalue weighted by Crippen LogP contribution is 2.46. The Bertz CT molecular complexity index is 3680. The number of benzene rings is 8. The topological polar surface area (TPSA) is 56.1 Å². The van der Waals surface area contributed by atoms with Gasteiger partial charge in [0.05, 0.1) is 73.5 Å². The zero-order chi connectivity index (χ0) is 37.1. The summed E-state index contributed by atoms with van der Waals surface area (Å²) in [6.07, 6.45) is 0. The van der Waals surface area contributed by atoms with Crippen molar-refractivity contribution in [2.75, 3.05) is 0 Å². The van der Waals surface area contributed by atoms with Crippen molar-refractivity contribution in [3.8, 4) is 23.1 Å². The molecule has 0 unspecified atom stereocenters. The monoisotopic (exact) mass is 713 g/mol. The molecular weight excluding hydrogens is 687 g/mol. The molecule has 12 rings (SSSR count). The van der Waals surface area contributed by atoms with Gasteiger partial charge in [-0.25, -0.2) is 4.85 Å². The molecule has 6 heteroatoms. The van der Waals surface area contributed by atoms with E-state index in [0.717, 1.165) is 98.7 Å². The van der Waals surface area contributed by atoms with E-state index in [0.29, 0.717) is 16.9 Å². The Morgan fingerprint density at radius 2 is 0.911 bits per heavy atom. The fraction of sp³-hybridized carbons (Fsp3) is 0. The van der Waals surface area contributed by atoms with Gasteiger partial charge in [0.1, 0.15) is 11.2 Å². The van der Waals surface area contributed by atoms with Crippen LogP contribution in [-0.4, -0.2) is 13.7 Å². The lowest BCUT2D eigenvalue weighted by atomic mass is 10.1. The second-order valence-corrected chi connectivity index (χ2v) is 14.3. The number of furan rings is 1. The van der Waals surface area contributed by atoms with Crippen LogP contribution in [0.3, 0.4) is 0 Å². The van der Waals surface area contributed by atoms with E-state index < -0.39 is 0 Å². The van der Waals surface area contributed by atoms with Crippen molar-refractivity contribution >= 4 is 93.0 Å². The maximum atomic E-state index is 10.7. The van der Waals surface area contributed by atoms with Crippen molar-refractivity contribution in [2.45, 2.75) is 0 Å². The number of rotatable bonds is 3. The van der Waals surface area contributed by atoms with Crippen LogP contribution in [0, 0.1) is 17.9 Å². The molecule has 0 N–H and O–H groups in total. The summed E-state index contributed by atoms with van der Waals surface area (Å²) in [6.45, 7) is 8.27. The smallest absolute Gasteiger partial charge is 0.212 e. The Morgan fingerprint density at radius 3 is 1.46 bits per heavy atom. The predicted octanol–water partition coefficient (Wildman–Crippen LogP) is 13.3. The molecule has 0 fully saturated rings. The lowest BCUT2D eigenvalue weighted by Gasteiger charge is -2.16. The van der Waals surface area contributed by atoms with Crippen LogP contribution in [0.1, 0.15) is 5.56 Å². The van der Waals surface area contributed by atoms with E-state index in [1.165, 1.54) is 0 Å². The zero-order valence-electron chi connectivity index (χ0n) is 29.7. The van der Waals surface area contributed by atoms with Crippen LogP contribution in [0.2, 0.25) is 0 Å². The molecule has 258 valence electrons. The Labute approximate surface area is 319 Å². The molecule has 6 nitrogen and oxygen atoms in total. The maximum Gasteiger partial charge on any atom is 0.212 e. The minimum atomic E-state index is 0.413. The molecule has 0 radical (unpaired) electrons. The predicted molar refractivity (Wildman–Crippen MR) is 228 cm³/mol. The highest BCUT2D eigenvalue weighted by atomic mass is 16.3. The van der Waals surface area contributed by atoms with Crippen molar-refractivity contribution in [2.24, 2.45) is 0 Å². The van der Waals surface area contributed by atoms with E-state index >= 15 is 0 Å². The Balaban J connectivity index is 1.19. The van der Waals surface area contributed by atoms with Gasteiger partial charge < -0.3 is 18.1 Å². The summed E-state index contributed by atoms with van der Waals surface area (Å²) in [4.78, 5) is 3.98. The molecule has 8 aromatic carbocycles. The molecule has 0 saturated carbocycles. The summed E-state index contributed by atoms with van der Waals surface area (Å²) >= 11 is 0. The van der Waals surface area contributed by atoms with Gasteiger partial charge in [-0.15, -0.1) is 0 Å². The van der Waals surface area contributed by atoms with Crippen LogP contribution in [-0.2, 0) is 0 Å². The molecule has 0 saturated heterocycles. The van der Waals surface area contributed by atoms with E-state index in [9.17, 15) is 5.26 Å². The van der Waals surface area contributed by atoms with Crippen molar-refractivity contribution in [1.29, 1.82) is 5.26 Å². The number of nitrogens with zero attached hydrogens (tertiary/aromatic N) is 5. The second kappa shape index (κ2) is 11.2. The summed E-state index contributed by atoms with van der Waals surface area (Å²) in [5.74, 6) is 0. The lowest BCUT2D eigenvalue weighted by Crippen LogP contribution is -2.02. The Kier molecular flexibility index (Phi) is 6.10. The summed E-state index contributed by atoms with van der Waals surface area (Å²) < 4.78 is 13.8. The molecule has 0 atom stereocenters. The molecule has 0 aliphatic heterocycles. The highest BCUT2D eigenvalue weighted by molar-refractivity contribution is 6.29. The van der Waals surface area contributed by atoms with Gasteiger partial charge in [0.25, 0.3) is 0 Å². The van der Waals surface area contributed by atoms with Crippen LogP contribution in [0.25, 0.3) is 109 Å². The van der Waals surface area contributed by atoms with Crippen LogP contribution in [0.5, 0.6) is 0 Å². The van der Waals surface area contributed by atoms with Gasteiger partial charge in [-0.3, -0.25) is 0 Å². The third kappa shape index (κ3) is 3.92. The number of hydrogen-bond donors (Lipinski definition) is 0. The molecular formula is C50H27N5O. The first kappa shape index (κ1) is 30.4. The first-order chi connectivity index (χ1) is 27.7. The van der Waals surface area contributed by atoms with Crippen LogP contribution >= 0.6 is 0 Å². The molecule has 0 aliphatic rings. The van der Waals surface area contributed by atoms with E-state index in [2.05, 4.69) is 140 Å². The molecule has 0 amide bonds. The lowest BCUT2D eigenvalue weighted by molar-refractivity contribution is 0.677. The number of hydrogen-bond acceptors (Lipinski definition) is 2. The second-order valence-electron chi connectivity index (χ2n) is 14.3. The first-order valence-corrected chi connectivity index (χ1v) is 18.5. The third-order valence-corrected chi connectivity index (χ3v) is 11.5. The minimum Gasteiger partial charge on any atom is -0.455 e. The average Bonchev–Trinajstić information content (AvgIpc) is 3.99. The Morgan fingerprint density at radius 1 is 0.446 bits per heavy atom. The summed E-state index contributed by atoms with van der Waals surface area (Å²) in [7, 11) is 0. The van der Waals surface area contributed by atoms with Crippen molar-refractivity contribution in [3.05, 3.63) is 181 Å². The molecule has 4 heterocycles. The standard InChI is InChI=1S/C50H27N5O/c1-52-38-27-30(29-51)45(28-46(38)54-39-19-9-5-15-32(39)33-16-6-10-20-40(33)54)55-42-22-12-8-18-37(42)48-44(55)26-24-35-34-23-25-43-47(49(34)56-50(35)48)36-17-7-11-21-41(36)53(43)31-13-3-2-4-14-31/h2-28H. The van der Waals surface area contributed by atoms with Gasteiger partial charge in [-0.05, 0) is 72.8 Å². The van der Waals surface area contributed by atoms with Gasteiger partial charge in [0.2, 0.25) is 5.69 Å². The van der Waals surface area contributed by atoms with Gasteiger partial charge in [-0.2, -0.15) is 5.26 Å². The van der Waals surface area contributed by atoms with E-state index in [-0.39, 0.29) is 0 Å². The largest absolute Gasteiger partial charge is 0.455 e. The fourth-order valence-corrected chi connectivity index (χ4v) is 9.20. The maximum absolute atomic E-state index is 10.7. The molecule has 56 heavy (non-hydrogen) atoms. The normalized spacial score (nSPS) is 11.9. The van der Waals surface area contributed by atoms with Crippen LogP contribution < -0.4 is 0 Å². The SMILES string of the molecule is [C-]#[N+]c1cc(C#N)c(-n2c3ccccc3c3c4oc5c(ccc6c5c5ccccc5n6-c5ccccc5)c4ccc32)cc1-n1c2ccccc2c2ccccc21. The molecule has 4 aromatic heterocycles. The van der Waals surface area contributed by atoms with Gasteiger partial charge in [-0.1, -0.05) is 91.0 Å². The van der Waals surface area contributed by atoms with E-state index in [1.807, 2.05) is 42.5 Å². The quantitative estimate of drug-likeness (QED) is 0.171. The van der Waals surface area contributed by atoms with Gasteiger partial charge >= 0.3 is 0 Å². The number of fused-ring (bicyclic) bond motifs is 14.